The highest BCUT2D eigenvalue weighted by molar-refractivity contribution is 5.89. The van der Waals surface area contributed by atoms with Crippen LogP contribution < -0.4 is 5.73 Å². The fourth-order valence-electron chi connectivity index (χ4n) is 1.81. The van der Waals surface area contributed by atoms with Crippen molar-refractivity contribution in [2.45, 2.75) is 31.6 Å². The standard InChI is InChI=1S/C9H13N.C6H8O6/c1-8(10)7-9-5-3-2-4-6-9;7-1-2(8)5-3(9)4(10)6(11)12-5/h2-6,8H,7,10H2,1H3;2,5,7-10H,1H2/t;2-,5+/m.0/s1. The van der Waals surface area contributed by atoms with Gasteiger partial charge in [-0.15, -0.1) is 0 Å². The van der Waals surface area contributed by atoms with E-state index in [-0.39, 0.29) is 6.04 Å². The zero-order chi connectivity index (χ0) is 16.7. The van der Waals surface area contributed by atoms with E-state index < -0.39 is 36.3 Å². The van der Waals surface area contributed by atoms with Gasteiger partial charge in [0.2, 0.25) is 5.76 Å². The highest BCUT2D eigenvalue weighted by Gasteiger charge is 2.38. The van der Waals surface area contributed by atoms with Crippen LogP contribution in [-0.2, 0) is 16.0 Å². The van der Waals surface area contributed by atoms with E-state index in [1.165, 1.54) is 5.56 Å². The summed E-state index contributed by atoms with van der Waals surface area (Å²) in [5.41, 5.74) is 6.94. The Kier molecular flexibility index (Phi) is 6.84. The lowest BCUT2D eigenvalue weighted by molar-refractivity contribution is -0.147. The second-order valence-corrected chi connectivity index (χ2v) is 4.98. The van der Waals surface area contributed by atoms with Crippen molar-refractivity contribution in [3.63, 3.8) is 0 Å². The van der Waals surface area contributed by atoms with E-state index in [1.54, 1.807) is 0 Å². The first-order valence-electron chi connectivity index (χ1n) is 6.78. The highest BCUT2D eigenvalue weighted by atomic mass is 16.6. The topological polar surface area (TPSA) is 133 Å². The zero-order valence-corrected chi connectivity index (χ0v) is 12.2. The van der Waals surface area contributed by atoms with Crippen molar-refractivity contribution in [1.29, 1.82) is 0 Å². The molecule has 1 heterocycles. The number of carbonyl (C=O) groups is 1. The minimum absolute atomic E-state index is 0.266. The van der Waals surface area contributed by atoms with E-state index in [1.807, 2.05) is 25.1 Å². The maximum atomic E-state index is 10.5. The van der Waals surface area contributed by atoms with Crippen LogP contribution in [0.2, 0.25) is 0 Å². The van der Waals surface area contributed by atoms with Gasteiger partial charge in [-0.05, 0) is 18.9 Å². The van der Waals surface area contributed by atoms with Gasteiger partial charge in [-0.25, -0.2) is 4.79 Å². The predicted octanol–water partition coefficient (Wildman–Crippen LogP) is 0.169. The molecule has 1 aliphatic rings. The van der Waals surface area contributed by atoms with Gasteiger partial charge in [-0.2, -0.15) is 0 Å². The Morgan fingerprint density at radius 3 is 2.27 bits per heavy atom. The number of carbonyl (C=O) groups excluding carboxylic acids is 1. The zero-order valence-electron chi connectivity index (χ0n) is 12.2. The number of ether oxygens (including phenoxy) is 1. The molecular formula is C15H21NO6. The highest BCUT2D eigenvalue weighted by Crippen LogP contribution is 2.20. The van der Waals surface area contributed by atoms with Crippen molar-refractivity contribution in [2.24, 2.45) is 5.73 Å². The lowest BCUT2D eigenvalue weighted by Gasteiger charge is -2.13. The molecule has 6 N–H and O–H groups in total. The first-order valence-corrected chi connectivity index (χ1v) is 6.78. The van der Waals surface area contributed by atoms with Crippen LogP contribution in [0.1, 0.15) is 12.5 Å². The first kappa shape index (κ1) is 18.0. The summed E-state index contributed by atoms with van der Waals surface area (Å²) in [5, 5.41) is 35.0. The molecule has 0 radical (unpaired) electrons. The lowest BCUT2D eigenvalue weighted by Crippen LogP contribution is -2.31. The van der Waals surface area contributed by atoms with Crippen LogP contribution in [0.5, 0.6) is 0 Å². The molecule has 1 aliphatic heterocycles. The maximum Gasteiger partial charge on any atom is 0.377 e. The average molecular weight is 311 g/mol. The van der Waals surface area contributed by atoms with Crippen LogP contribution in [0.15, 0.2) is 41.9 Å². The number of aliphatic hydroxyl groups excluding tert-OH is 4. The molecule has 22 heavy (non-hydrogen) atoms. The molecular weight excluding hydrogens is 290 g/mol. The average Bonchev–Trinajstić information content (AvgIpc) is 2.75. The number of rotatable bonds is 4. The van der Waals surface area contributed by atoms with E-state index >= 15 is 0 Å². The number of hydrogen-bond donors (Lipinski definition) is 5. The monoisotopic (exact) mass is 311 g/mol. The van der Waals surface area contributed by atoms with E-state index in [0.717, 1.165) is 6.42 Å². The van der Waals surface area contributed by atoms with Crippen molar-refractivity contribution >= 4 is 5.97 Å². The fraction of sp³-hybridized carbons (Fsp3) is 0.400. The lowest BCUT2D eigenvalue weighted by atomic mass is 10.1. The second-order valence-electron chi connectivity index (χ2n) is 4.98. The third-order valence-corrected chi connectivity index (χ3v) is 2.88. The summed E-state index contributed by atoms with van der Waals surface area (Å²) in [6, 6.07) is 10.6. The van der Waals surface area contributed by atoms with Crippen LogP contribution in [0.25, 0.3) is 0 Å². The molecule has 122 valence electrons. The van der Waals surface area contributed by atoms with Gasteiger partial charge >= 0.3 is 5.97 Å². The van der Waals surface area contributed by atoms with E-state index in [9.17, 15) is 4.79 Å². The minimum atomic E-state index is -1.42. The number of cyclic esters (lactones) is 1. The third-order valence-electron chi connectivity index (χ3n) is 2.88. The van der Waals surface area contributed by atoms with Gasteiger partial charge in [0.15, 0.2) is 11.9 Å². The molecule has 0 aromatic heterocycles. The number of aliphatic hydroxyl groups is 4. The fourth-order valence-corrected chi connectivity index (χ4v) is 1.81. The quantitative estimate of drug-likeness (QED) is 0.500. The number of benzene rings is 1. The Morgan fingerprint density at radius 1 is 1.27 bits per heavy atom. The smallest absolute Gasteiger partial charge is 0.377 e. The molecule has 0 aliphatic carbocycles. The SMILES string of the molecule is CC(N)Cc1ccccc1.O=C1O[C@H]([C@@H](O)CO)C(O)=C1O. The van der Waals surface area contributed by atoms with E-state index in [4.69, 9.17) is 26.2 Å². The molecule has 0 amide bonds. The molecule has 0 saturated heterocycles. The molecule has 0 spiro atoms. The van der Waals surface area contributed by atoms with Crippen molar-refractivity contribution in [3.05, 3.63) is 47.4 Å². The summed E-state index contributed by atoms with van der Waals surface area (Å²) in [5.74, 6) is -2.78. The summed E-state index contributed by atoms with van der Waals surface area (Å²) < 4.78 is 4.32. The van der Waals surface area contributed by atoms with Gasteiger partial charge in [-0.1, -0.05) is 30.3 Å². The van der Waals surface area contributed by atoms with Crippen LogP contribution in [-0.4, -0.2) is 51.3 Å². The summed E-state index contributed by atoms with van der Waals surface area (Å²) in [6.07, 6.45) is -1.80. The summed E-state index contributed by atoms with van der Waals surface area (Å²) in [6.45, 7) is 1.35. The van der Waals surface area contributed by atoms with Gasteiger partial charge in [0.05, 0.1) is 6.61 Å². The Bertz CT molecular complexity index is 514. The molecule has 7 heteroatoms. The summed E-state index contributed by atoms with van der Waals surface area (Å²) >= 11 is 0. The molecule has 7 nitrogen and oxygen atoms in total. The first-order chi connectivity index (χ1) is 10.4. The normalized spacial score (nSPS) is 20.0. The van der Waals surface area contributed by atoms with Gasteiger partial charge in [-0.3, -0.25) is 0 Å². The molecule has 1 aromatic carbocycles. The van der Waals surface area contributed by atoms with Gasteiger partial charge in [0.25, 0.3) is 0 Å². The van der Waals surface area contributed by atoms with Crippen LogP contribution >= 0.6 is 0 Å². The van der Waals surface area contributed by atoms with Gasteiger partial charge in [0.1, 0.15) is 6.10 Å². The molecule has 2 rings (SSSR count). The van der Waals surface area contributed by atoms with E-state index in [0.29, 0.717) is 0 Å². The molecule has 0 fully saturated rings. The van der Waals surface area contributed by atoms with Crippen molar-refractivity contribution in [1.82, 2.24) is 0 Å². The molecule has 0 bridgehead atoms. The predicted molar refractivity (Wildman–Crippen MR) is 79.1 cm³/mol. The largest absolute Gasteiger partial charge is 0.505 e. The molecule has 1 aromatic rings. The minimum Gasteiger partial charge on any atom is -0.505 e. The van der Waals surface area contributed by atoms with Crippen molar-refractivity contribution in [2.75, 3.05) is 6.61 Å². The number of esters is 1. The number of nitrogens with two attached hydrogens (primary N) is 1. The summed E-state index contributed by atoms with van der Waals surface area (Å²) in [7, 11) is 0. The molecule has 0 saturated carbocycles. The third kappa shape index (κ3) is 5.03. The number of hydrogen-bond acceptors (Lipinski definition) is 7. The second kappa shape index (κ2) is 8.38. The van der Waals surface area contributed by atoms with Crippen LogP contribution in [0.4, 0.5) is 0 Å². The Hall–Kier alpha value is -2.09. The molecule has 1 unspecified atom stereocenters. The van der Waals surface area contributed by atoms with Gasteiger partial charge < -0.3 is 30.9 Å². The van der Waals surface area contributed by atoms with Crippen LogP contribution in [0.3, 0.4) is 0 Å². The summed E-state index contributed by atoms with van der Waals surface area (Å²) in [4.78, 5) is 10.5. The van der Waals surface area contributed by atoms with Crippen LogP contribution in [0, 0.1) is 0 Å². The van der Waals surface area contributed by atoms with Gasteiger partial charge in [0, 0.05) is 6.04 Å². The molecule has 3 atom stereocenters. The Morgan fingerprint density at radius 2 is 1.86 bits per heavy atom. The maximum absolute atomic E-state index is 10.5. The van der Waals surface area contributed by atoms with E-state index in [2.05, 4.69) is 16.9 Å². The van der Waals surface area contributed by atoms with Crippen molar-refractivity contribution in [3.8, 4) is 0 Å². The Balaban J connectivity index is 0.000000224. The Labute approximate surface area is 128 Å². The van der Waals surface area contributed by atoms with Crippen molar-refractivity contribution < 1.29 is 30.0 Å².